The molecule has 166 valence electrons. The van der Waals surface area contributed by atoms with Crippen LogP contribution in [-0.4, -0.2) is 43.9 Å². The molecule has 0 atom stereocenters. The van der Waals surface area contributed by atoms with E-state index in [0.717, 1.165) is 56.1 Å². The molecule has 1 aromatic heterocycles. The SMILES string of the molecule is O=C(CSC(=S)N1CCCC1)Nc1ccc2nc(SCc3ccc([N+](=O)[O-])cc3)sc2c1. The fourth-order valence-electron chi connectivity index (χ4n) is 3.22. The maximum absolute atomic E-state index is 12.3. The lowest BCUT2D eigenvalue weighted by Gasteiger charge is -2.17. The minimum atomic E-state index is -0.401. The van der Waals surface area contributed by atoms with Crippen molar-refractivity contribution < 1.29 is 9.72 Å². The number of likely N-dealkylation sites (tertiary alicyclic amines) is 1. The van der Waals surface area contributed by atoms with Crippen LogP contribution in [0.25, 0.3) is 10.2 Å². The number of non-ortho nitro benzene ring substituents is 1. The molecule has 1 aliphatic heterocycles. The Morgan fingerprint density at radius 3 is 2.69 bits per heavy atom. The van der Waals surface area contributed by atoms with Crippen molar-refractivity contribution in [3.63, 3.8) is 0 Å². The van der Waals surface area contributed by atoms with Crippen molar-refractivity contribution in [3.05, 3.63) is 58.1 Å². The van der Waals surface area contributed by atoms with E-state index in [2.05, 4.69) is 15.2 Å². The van der Waals surface area contributed by atoms with E-state index in [-0.39, 0.29) is 11.6 Å². The lowest BCUT2D eigenvalue weighted by atomic mass is 10.2. The smallest absolute Gasteiger partial charge is 0.269 e. The highest BCUT2D eigenvalue weighted by atomic mass is 32.2. The summed E-state index contributed by atoms with van der Waals surface area (Å²) in [6.45, 7) is 1.97. The van der Waals surface area contributed by atoms with Crippen molar-refractivity contribution in [1.82, 2.24) is 9.88 Å². The zero-order chi connectivity index (χ0) is 22.5. The van der Waals surface area contributed by atoms with Crippen LogP contribution in [0.5, 0.6) is 0 Å². The van der Waals surface area contributed by atoms with Crippen LogP contribution in [0.4, 0.5) is 11.4 Å². The highest BCUT2D eigenvalue weighted by molar-refractivity contribution is 8.23. The van der Waals surface area contributed by atoms with Crippen LogP contribution in [0.3, 0.4) is 0 Å². The molecule has 1 amide bonds. The van der Waals surface area contributed by atoms with Gasteiger partial charge in [-0.15, -0.1) is 11.3 Å². The number of thiocarbonyl (C=S) groups is 1. The predicted octanol–water partition coefficient (Wildman–Crippen LogP) is 5.55. The summed E-state index contributed by atoms with van der Waals surface area (Å²) in [5.74, 6) is 0.898. The molecular formula is C21H20N4O3S4. The number of carbonyl (C=O) groups excluding carboxylic acids is 1. The Kier molecular flexibility index (Phi) is 7.61. The number of rotatable bonds is 7. The normalized spacial score (nSPS) is 13.4. The maximum atomic E-state index is 12.3. The Bertz CT molecular complexity index is 1140. The number of thiazole rings is 1. The Labute approximate surface area is 203 Å². The van der Waals surface area contributed by atoms with E-state index in [0.29, 0.717) is 11.5 Å². The molecule has 1 N–H and O–H groups in total. The fourth-order valence-corrected chi connectivity index (χ4v) is 6.33. The monoisotopic (exact) mass is 504 g/mol. The number of thioether (sulfide) groups is 2. The summed E-state index contributed by atoms with van der Waals surface area (Å²) in [7, 11) is 0. The molecule has 1 aliphatic rings. The van der Waals surface area contributed by atoms with Gasteiger partial charge in [-0.05, 0) is 36.6 Å². The average Bonchev–Trinajstić information content (AvgIpc) is 3.46. The van der Waals surface area contributed by atoms with Gasteiger partial charge in [-0.25, -0.2) is 4.98 Å². The lowest BCUT2D eigenvalue weighted by molar-refractivity contribution is -0.384. The first-order valence-corrected chi connectivity index (χ1v) is 13.2. The number of carbonyl (C=O) groups is 1. The molecule has 3 aromatic rings. The van der Waals surface area contributed by atoms with Crippen LogP contribution in [0.15, 0.2) is 46.8 Å². The summed E-state index contributed by atoms with van der Waals surface area (Å²) in [5.41, 5.74) is 2.70. The van der Waals surface area contributed by atoms with Gasteiger partial charge in [-0.3, -0.25) is 14.9 Å². The van der Waals surface area contributed by atoms with E-state index in [9.17, 15) is 14.9 Å². The second kappa shape index (κ2) is 10.6. The van der Waals surface area contributed by atoms with Crippen molar-refractivity contribution in [2.45, 2.75) is 22.9 Å². The third kappa shape index (κ3) is 5.97. The average molecular weight is 505 g/mol. The van der Waals surface area contributed by atoms with Crippen molar-refractivity contribution in [1.29, 1.82) is 0 Å². The summed E-state index contributed by atoms with van der Waals surface area (Å²) >= 11 is 9.97. The minimum Gasteiger partial charge on any atom is -0.358 e. The molecular weight excluding hydrogens is 485 g/mol. The predicted molar refractivity (Wildman–Crippen MR) is 137 cm³/mol. The zero-order valence-corrected chi connectivity index (χ0v) is 20.2. The summed E-state index contributed by atoms with van der Waals surface area (Å²) in [4.78, 5) is 29.5. The van der Waals surface area contributed by atoms with Gasteiger partial charge in [0.25, 0.3) is 5.69 Å². The summed E-state index contributed by atoms with van der Waals surface area (Å²) in [6, 6.07) is 12.2. The molecule has 0 radical (unpaired) electrons. The molecule has 0 saturated carbocycles. The van der Waals surface area contributed by atoms with Crippen LogP contribution in [-0.2, 0) is 10.5 Å². The van der Waals surface area contributed by atoms with E-state index < -0.39 is 4.92 Å². The van der Waals surface area contributed by atoms with Gasteiger partial charge >= 0.3 is 0 Å². The molecule has 2 heterocycles. The third-order valence-corrected chi connectivity index (χ3v) is 8.61. The quantitative estimate of drug-likeness (QED) is 0.194. The number of hydrogen-bond acceptors (Lipinski definition) is 8. The van der Waals surface area contributed by atoms with E-state index in [1.807, 2.05) is 18.2 Å². The van der Waals surface area contributed by atoms with Crippen LogP contribution in [0.2, 0.25) is 0 Å². The number of nitro groups is 1. The first-order chi connectivity index (χ1) is 15.5. The van der Waals surface area contributed by atoms with E-state index in [1.54, 1.807) is 35.2 Å². The van der Waals surface area contributed by atoms with Crippen molar-refractivity contribution >= 4 is 78.9 Å². The number of nitrogens with one attached hydrogen (secondary N) is 1. The van der Waals surface area contributed by atoms with Crippen LogP contribution in [0.1, 0.15) is 18.4 Å². The summed E-state index contributed by atoms with van der Waals surface area (Å²) in [5, 5.41) is 13.7. The van der Waals surface area contributed by atoms with Crippen LogP contribution in [0, 0.1) is 10.1 Å². The zero-order valence-electron chi connectivity index (χ0n) is 17.0. The van der Waals surface area contributed by atoms with Crippen molar-refractivity contribution in [3.8, 4) is 0 Å². The van der Waals surface area contributed by atoms with Crippen molar-refractivity contribution in [2.24, 2.45) is 0 Å². The Balaban J connectivity index is 1.31. The number of benzene rings is 2. The highest BCUT2D eigenvalue weighted by Crippen LogP contribution is 2.33. The minimum absolute atomic E-state index is 0.0758. The number of anilines is 1. The number of hydrogen-bond donors (Lipinski definition) is 1. The van der Waals surface area contributed by atoms with Gasteiger partial charge < -0.3 is 10.2 Å². The third-order valence-electron chi connectivity index (χ3n) is 4.85. The standard InChI is InChI=1S/C21H20N4O3S4/c26-19(13-31-21(29)24-9-1-2-10-24)22-15-5-8-17-18(11-15)32-20(23-17)30-12-14-3-6-16(7-4-14)25(27)28/h3-8,11H,1-2,9-10,12-13H2,(H,22,26). The fraction of sp³-hybridized carbons (Fsp3) is 0.286. The van der Waals surface area contributed by atoms with Gasteiger partial charge in [0.1, 0.15) is 4.32 Å². The summed E-state index contributed by atoms with van der Waals surface area (Å²) in [6.07, 6.45) is 2.33. The number of nitrogens with zero attached hydrogens (tertiary/aromatic N) is 3. The van der Waals surface area contributed by atoms with Gasteiger partial charge in [0, 0.05) is 36.7 Å². The van der Waals surface area contributed by atoms with E-state index >= 15 is 0 Å². The maximum Gasteiger partial charge on any atom is 0.269 e. The highest BCUT2D eigenvalue weighted by Gasteiger charge is 2.16. The second-order valence-electron chi connectivity index (χ2n) is 7.17. The first kappa shape index (κ1) is 23.0. The molecule has 11 heteroatoms. The molecule has 1 fully saturated rings. The molecule has 32 heavy (non-hydrogen) atoms. The molecule has 7 nitrogen and oxygen atoms in total. The lowest BCUT2D eigenvalue weighted by Crippen LogP contribution is -2.25. The van der Waals surface area contributed by atoms with Crippen LogP contribution < -0.4 is 5.32 Å². The largest absolute Gasteiger partial charge is 0.358 e. The first-order valence-electron chi connectivity index (χ1n) is 9.96. The number of aromatic nitrogens is 1. The molecule has 4 rings (SSSR count). The number of nitro benzene ring substituents is 1. The molecule has 0 bridgehead atoms. The van der Waals surface area contributed by atoms with E-state index in [4.69, 9.17) is 12.2 Å². The molecule has 0 unspecified atom stereocenters. The number of amides is 1. The van der Waals surface area contributed by atoms with Crippen LogP contribution >= 0.6 is 47.1 Å². The van der Waals surface area contributed by atoms with Gasteiger partial charge in [-0.2, -0.15) is 0 Å². The Morgan fingerprint density at radius 2 is 1.97 bits per heavy atom. The van der Waals surface area contributed by atoms with E-state index in [1.165, 1.54) is 23.9 Å². The second-order valence-corrected chi connectivity index (χ2v) is 11.0. The van der Waals surface area contributed by atoms with Gasteiger partial charge in [0.2, 0.25) is 5.91 Å². The van der Waals surface area contributed by atoms with Gasteiger partial charge in [0.05, 0.1) is 20.9 Å². The van der Waals surface area contributed by atoms with Gasteiger partial charge in [-0.1, -0.05) is 47.9 Å². The Hall–Kier alpha value is -2.21. The molecule has 1 saturated heterocycles. The molecule has 0 spiro atoms. The molecule has 2 aromatic carbocycles. The summed E-state index contributed by atoms with van der Waals surface area (Å²) < 4.78 is 2.70. The van der Waals surface area contributed by atoms with Crippen molar-refractivity contribution in [2.75, 3.05) is 24.2 Å². The topological polar surface area (TPSA) is 88.4 Å². The number of fused-ring (bicyclic) bond motifs is 1. The Morgan fingerprint density at radius 1 is 1.22 bits per heavy atom. The van der Waals surface area contributed by atoms with Gasteiger partial charge in [0.15, 0.2) is 4.34 Å². The molecule has 0 aliphatic carbocycles.